The Kier molecular flexibility index (Phi) is 3.72. The molecule has 0 unspecified atom stereocenters. The quantitative estimate of drug-likeness (QED) is 0.346. The van der Waals surface area contributed by atoms with Crippen LogP contribution in [0.1, 0.15) is 13.3 Å². The molecule has 0 aromatic heterocycles. The van der Waals surface area contributed by atoms with Crippen LogP contribution in [-0.2, 0) is 0 Å². The van der Waals surface area contributed by atoms with E-state index < -0.39 is 0 Å². The normalized spacial score (nSPS) is 8.00. The molecule has 0 aliphatic rings. The van der Waals surface area contributed by atoms with Crippen LogP contribution < -0.4 is 5.73 Å². The lowest BCUT2D eigenvalue weighted by Crippen LogP contribution is -2.31. The first-order valence-corrected chi connectivity index (χ1v) is 3.10. The van der Waals surface area contributed by atoms with Crippen molar-refractivity contribution in [3.8, 4) is 6.19 Å². The molecule has 0 aliphatic heterocycles. The van der Waals surface area contributed by atoms with Crippen molar-refractivity contribution in [2.75, 3.05) is 6.54 Å². The van der Waals surface area contributed by atoms with E-state index in [9.17, 15) is 0 Å². The second-order valence-corrected chi connectivity index (χ2v) is 2.01. The van der Waals surface area contributed by atoms with Gasteiger partial charge in [-0.3, -0.25) is 4.90 Å². The molecule has 50 valence electrons. The molecule has 9 heavy (non-hydrogen) atoms. The smallest absolute Gasteiger partial charge is 0.186 e. The molecular weight excluding hydrogens is 134 g/mol. The lowest BCUT2D eigenvalue weighted by Gasteiger charge is -2.09. The predicted molar refractivity (Wildman–Crippen MR) is 39.4 cm³/mol. The molecule has 0 saturated heterocycles. The molecule has 0 rings (SSSR count). The summed E-state index contributed by atoms with van der Waals surface area (Å²) >= 11 is 4.56. The average Bonchev–Trinajstić information content (AvgIpc) is 1.82. The number of nitriles is 1. The van der Waals surface area contributed by atoms with Crippen molar-refractivity contribution < 1.29 is 0 Å². The summed E-state index contributed by atoms with van der Waals surface area (Å²) in [6, 6.07) is 0. The number of hydrogen-bond acceptors (Lipinski definition) is 2. The summed E-state index contributed by atoms with van der Waals surface area (Å²) in [4.78, 5) is 1.29. The zero-order valence-corrected chi connectivity index (χ0v) is 6.11. The molecular formula is C5H9N3S. The Balaban J connectivity index is 3.72. The third-order valence-electron chi connectivity index (χ3n) is 0.834. The van der Waals surface area contributed by atoms with Gasteiger partial charge in [-0.1, -0.05) is 6.92 Å². The van der Waals surface area contributed by atoms with Crippen molar-refractivity contribution in [1.82, 2.24) is 4.90 Å². The second kappa shape index (κ2) is 4.10. The molecule has 0 fully saturated rings. The fraction of sp³-hybridized carbons (Fsp3) is 0.600. The van der Waals surface area contributed by atoms with Crippen LogP contribution in [-0.4, -0.2) is 16.6 Å². The highest BCUT2D eigenvalue weighted by atomic mass is 32.1. The van der Waals surface area contributed by atoms with Gasteiger partial charge in [-0.05, 0) is 18.6 Å². The van der Waals surface area contributed by atoms with Gasteiger partial charge in [0.15, 0.2) is 11.3 Å². The Bertz CT molecular complexity index is 138. The van der Waals surface area contributed by atoms with Crippen LogP contribution in [0, 0.1) is 11.5 Å². The molecule has 0 atom stereocenters. The van der Waals surface area contributed by atoms with Gasteiger partial charge in [0.25, 0.3) is 0 Å². The van der Waals surface area contributed by atoms with Gasteiger partial charge < -0.3 is 5.73 Å². The van der Waals surface area contributed by atoms with Gasteiger partial charge in [0.2, 0.25) is 0 Å². The highest BCUT2D eigenvalue weighted by Crippen LogP contribution is 1.86. The van der Waals surface area contributed by atoms with E-state index in [1.807, 2.05) is 13.1 Å². The predicted octanol–water partition coefficient (Wildman–Crippen LogP) is 0.423. The summed E-state index contributed by atoms with van der Waals surface area (Å²) in [6.45, 7) is 2.58. The molecule has 0 spiro atoms. The Morgan fingerprint density at radius 3 is 2.56 bits per heavy atom. The average molecular weight is 143 g/mol. The lowest BCUT2D eigenvalue weighted by molar-refractivity contribution is 0.569. The number of nitrogens with zero attached hydrogens (tertiary/aromatic N) is 2. The minimum Gasteiger partial charge on any atom is -0.375 e. The fourth-order valence-corrected chi connectivity index (χ4v) is 0.565. The first-order valence-electron chi connectivity index (χ1n) is 2.69. The zero-order valence-electron chi connectivity index (χ0n) is 5.29. The summed E-state index contributed by atoms with van der Waals surface area (Å²) < 4.78 is 0. The molecule has 2 N–H and O–H groups in total. The van der Waals surface area contributed by atoms with Gasteiger partial charge in [-0.25, -0.2) is 0 Å². The summed E-state index contributed by atoms with van der Waals surface area (Å²) in [5.74, 6) is 0. The maximum absolute atomic E-state index is 8.34. The van der Waals surface area contributed by atoms with Crippen LogP contribution in [0.25, 0.3) is 0 Å². The van der Waals surface area contributed by atoms with E-state index in [2.05, 4.69) is 12.2 Å². The lowest BCUT2D eigenvalue weighted by atomic mass is 10.4. The third-order valence-corrected chi connectivity index (χ3v) is 1.05. The summed E-state index contributed by atoms with van der Waals surface area (Å²) in [5.41, 5.74) is 5.17. The van der Waals surface area contributed by atoms with Crippen molar-refractivity contribution in [1.29, 1.82) is 5.26 Å². The van der Waals surface area contributed by atoms with Crippen LogP contribution in [0.3, 0.4) is 0 Å². The standard InChI is InChI=1S/C5H9N3S/c1-2-3-8(4-6)5(7)9/h2-3H2,1H3,(H2,7,9). The van der Waals surface area contributed by atoms with Crippen molar-refractivity contribution in [2.24, 2.45) is 5.73 Å². The monoisotopic (exact) mass is 143 g/mol. The summed E-state index contributed by atoms with van der Waals surface area (Å²) in [7, 11) is 0. The van der Waals surface area contributed by atoms with Crippen molar-refractivity contribution in [3.63, 3.8) is 0 Å². The molecule has 0 aromatic rings. The summed E-state index contributed by atoms with van der Waals surface area (Å²) in [6.07, 6.45) is 2.75. The van der Waals surface area contributed by atoms with Crippen molar-refractivity contribution in [2.45, 2.75) is 13.3 Å². The minimum atomic E-state index is 0.152. The van der Waals surface area contributed by atoms with Crippen LogP contribution >= 0.6 is 12.2 Å². The SMILES string of the molecule is CCCN(C#N)C(N)=S. The van der Waals surface area contributed by atoms with Gasteiger partial charge in [0.05, 0.1) is 0 Å². The van der Waals surface area contributed by atoms with Crippen LogP contribution in [0.4, 0.5) is 0 Å². The number of rotatable bonds is 2. The van der Waals surface area contributed by atoms with Gasteiger partial charge in [0.1, 0.15) is 0 Å². The van der Waals surface area contributed by atoms with Gasteiger partial charge >= 0.3 is 0 Å². The molecule has 0 aliphatic carbocycles. The van der Waals surface area contributed by atoms with Crippen LogP contribution in [0.5, 0.6) is 0 Å². The van der Waals surface area contributed by atoms with Crippen molar-refractivity contribution in [3.05, 3.63) is 0 Å². The maximum atomic E-state index is 8.34. The second-order valence-electron chi connectivity index (χ2n) is 1.59. The molecule has 0 amide bonds. The largest absolute Gasteiger partial charge is 0.375 e. The van der Waals surface area contributed by atoms with E-state index >= 15 is 0 Å². The van der Waals surface area contributed by atoms with Gasteiger partial charge in [0, 0.05) is 6.54 Å². The molecule has 0 bridgehead atoms. The number of thiocarbonyl (C=S) groups is 1. The van der Waals surface area contributed by atoms with E-state index in [0.29, 0.717) is 6.54 Å². The number of hydrogen-bond donors (Lipinski definition) is 1. The Labute approximate surface area is 60.1 Å². The van der Waals surface area contributed by atoms with Crippen LogP contribution in [0.15, 0.2) is 0 Å². The van der Waals surface area contributed by atoms with Crippen molar-refractivity contribution >= 4 is 17.3 Å². The fourth-order valence-electron chi connectivity index (χ4n) is 0.433. The van der Waals surface area contributed by atoms with Gasteiger partial charge in [-0.15, -0.1) is 0 Å². The first kappa shape index (κ1) is 8.18. The highest BCUT2D eigenvalue weighted by molar-refractivity contribution is 7.80. The summed E-state index contributed by atoms with van der Waals surface area (Å²) in [5, 5.41) is 8.49. The molecule has 0 aromatic carbocycles. The zero-order chi connectivity index (χ0) is 7.28. The van der Waals surface area contributed by atoms with E-state index in [-0.39, 0.29) is 5.11 Å². The molecule has 0 heterocycles. The Morgan fingerprint density at radius 1 is 1.89 bits per heavy atom. The highest BCUT2D eigenvalue weighted by Gasteiger charge is 1.99. The van der Waals surface area contributed by atoms with E-state index in [1.54, 1.807) is 0 Å². The maximum Gasteiger partial charge on any atom is 0.186 e. The third kappa shape index (κ3) is 2.88. The van der Waals surface area contributed by atoms with Gasteiger partial charge in [-0.2, -0.15) is 5.26 Å². The molecule has 4 heteroatoms. The molecule has 3 nitrogen and oxygen atoms in total. The Morgan fingerprint density at radius 2 is 2.44 bits per heavy atom. The first-order chi connectivity index (χ1) is 4.22. The van der Waals surface area contributed by atoms with E-state index in [4.69, 9.17) is 11.0 Å². The Hall–Kier alpha value is -0.820. The molecule has 0 radical (unpaired) electrons. The molecule has 0 saturated carbocycles. The van der Waals surface area contributed by atoms with E-state index in [1.165, 1.54) is 4.90 Å². The van der Waals surface area contributed by atoms with Crippen LogP contribution in [0.2, 0.25) is 0 Å². The van der Waals surface area contributed by atoms with E-state index in [0.717, 1.165) is 6.42 Å². The number of nitrogens with two attached hydrogens (primary N) is 1. The minimum absolute atomic E-state index is 0.152. The topological polar surface area (TPSA) is 53.0 Å².